The highest BCUT2D eigenvalue weighted by Crippen LogP contribution is 2.36. The molecule has 0 radical (unpaired) electrons. The van der Waals surface area contributed by atoms with Crippen LogP contribution in [0.3, 0.4) is 0 Å². The van der Waals surface area contributed by atoms with Crippen LogP contribution in [0, 0.1) is 6.92 Å². The molecule has 8 heteroatoms. The number of hydrogen-bond donors (Lipinski definition) is 1. The summed E-state index contributed by atoms with van der Waals surface area (Å²) >= 11 is 0. The van der Waals surface area contributed by atoms with Crippen LogP contribution in [0.1, 0.15) is 43.9 Å². The Kier molecular flexibility index (Phi) is 7.28. The maximum Gasteiger partial charge on any atom is 0.306 e. The number of phenols is 1. The number of hydrogen-bond acceptors (Lipinski definition) is 6. The van der Waals surface area contributed by atoms with E-state index in [9.17, 15) is 9.90 Å². The number of aryl methyl sites for hydroxylation is 2. The highest BCUT2D eigenvalue weighted by Gasteiger charge is 2.24. The summed E-state index contributed by atoms with van der Waals surface area (Å²) in [5.74, 6) is -0.0844. The van der Waals surface area contributed by atoms with Crippen molar-refractivity contribution in [3.8, 4) is 11.4 Å². The lowest BCUT2D eigenvalue weighted by molar-refractivity contribution is -0.143. The molecule has 33 heavy (non-hydrogen) atoms. The molecule has 0 bridgehead atoms. The Bertz CT molecular complexity index is 1150. The number of aromatic hydroxyl groups is 1. The van der Waals surface area contributed by atoms with Crippen molar-refractivity contribution < 1.29 is 19.1 Å². The second-order valence-corrected chi connectivity index (χ2v) is 14.6. The number of aromatic nitrogens is 3. The molecular formula is C25H35N3O4Si. The van der Waals surface area contributed by atoms with Crippen LogP contribution in [0.5, 0.6) is 5.75 Å². The minimum Gasteiger partial charge on any atom is -0.505 e. The van der Waals surface area contributed by atoms with Crippen molar-refractivity contribution in [2.45, 2.75) is 65.1 Å². The van der Waals surface area contributed by atoms with Crippen LogP contribution < -0.4 is 0 Å². The van der Waals surface area contributed by atoms with Crippen molar-refractivity contribution in [3.63, 3.8) is 0 Å². The zero-order chi connectivity index (χ0) is 24.4. The van der Waals surface area contributed by atoms with E-state index in [-0.39, 0.29) is 23.6 Å². The summed E-state index contributed by atoms with van der Waals surface area (Å²) in [5, 5.41) is 20.2. The molecule has 178 valence electrons. The highest BCUT2D eigenvalue weighted by atomic mass is 28.4. The Morgan fingerprint density at radius 3 is 2.48 bits per heavy atom. The molecular weight excluding hydrogens is 434 g/mol. The third-order valence-electron chi connectivity index (χ3n) is 5.85. The van der Waals surface area contributed by atoms with E-state index in [0.717, 1.165) is 33.8 Å². The first-order valence-corrected chi connectivity index (χ1v) is 14.4. The van der Waals surface area contributed by atoms with Crippen molar-refractivity contribution >= 4 is 25.3 Å². The van der Waals surface area contributed by atoms with Crippen LogP contribution in [-0.2, 0) is 25.8 Å². The molecule has 1 N–H and O–H groups in total. The minimum atomic E-state index is -1.75. The molecule has 0 fully saturated rings. The van der Waals surface area contributed by atoms with E-state index in [1.54, 1.807) is 7.11 Å². The maximum absolute atomic E-state index is 12.3. The van der Waals surface area contributed by atoms with Gasteiger partial charge in [0.1, 0.15) is 22.5 Å². The van der Waals surface area contributed by atoms with Crippen LogP contribution in [0.2, 0.25) is 19.1 Å². The first-order chi connectivity index (χ1) is 15.4. The molecule has 0 amide bonds. The molecule has 0 unspecified atom stereocenters. The third-order valence-corrected chi connectivity index (χ3v) is 8.36. The van der Waals surface area contributed by atoms with E-state index >= 15 is 0 Å². The molecule has 3 aromatic rings. The Hall–Kier alpha value is -2.71. The number of nitrogens with zero attached hydrogens (tertiary/aromatic N) is 3. The van der Waals surface area contributed by atoms with Gasteiger partial charge in [0.15, 0.2) is 8.32 Å². The van der Waals surface area contributed by atoms with Gasteiger partial charge in [-0.3, -0.25) is 4.79 Å². The normalized spacial score (nSPS) is 12.3. The lowest BCUT2D eigenvalue weighted by Crippen LogP contribution is -2.30. The van der Waals surface area contributed by atoms with E-state index < -0.39 is 8.32 Å². The number of fused-ring (bicyclic) bond motifs is 1. The Morgan fingerprint density at radius 2 is 1.82 bits per heavy atom. The van der Waals surface area contributed by atoms with Gasteiger partial charge < -0.3 is 14.3 Å². The van der Waals surface area contributed by atoms with Gasteiger partial charge in [0.2, 0.25) is 0 Å². The van der Waals surface area contributed by atoms with Crippen LogP contribution in [0.25, 0.3) is 16.7 Å². The van der Waals surface area contributed by atoms with Gasteiger partial charge in [-0.2, -0.15) is 0 Å². The predicted molar refractivity (Wildman–Crippen MR) is 133 cm³/mol. The van der Waals surface area contributed by atoms with Crippen molar-refractivity contribution in [2.24, 2.45) is 0 Å². The summed E-state index contributed by atoms with van der Waals surface area (Å²) in [7, 11) is -0.0401. The second-order valence-electron chi connectivity index (χ2n) is 10.2. The Labute approximate surface area is 196 Å². The summed E-state index contributed by atoms with van der Waals surface area (Å²) in [5.41, 5.74) is 4.54. The predicted octanol–water partition coefficient (Wildman–Crippen LogP) is 5.06. The van der Waals surface area contributed by atoms with Crippen LogP contribution in [-0.4, -0.2) is 48.1 Å². The molecule has 0 aliphatic rings. The minimum absolute atomic E-state index is 0.151. The second kappa shape index (κ2) is 9.65. The zero-order valence-corrected chi connectivity index (χ0v) is 21.7. The van der Waals surface area contributed by atoms with Gasteiger partial charge in [0.25, 0.3) is 0 Å². The zero-order valence-electron chi connectivity index (χ0n) is 20.7. The van der Waals surface area contributed by atoms with Crippen LogP contribution in [0.15, 0.2) is 30.3 Å². The lowest BCUT2D eigenvalue weighted by Gasteiger charge is -2.23. The summed E-state index contributed by atoms with van der Waals surface area (Å²) in [4.78, 5) is 13.8. The monoisotopic (exact) mass is 469 g/mol. The van der Waals surface area contributed by atoms with Gasteiger partial charge in [0.05, 0.1) is 6.61 Å². The summed E-state index contributed by atoms with van der Waals surface area (Å²) in [6, 6.07) is 10.5. The van der Waals surface area contributed by atoms with Gasteiger partial charge in [-0.15, -0.1) is 15.0 Å². The molecule has 7 nitrogen and oxygen atoms in total. The molecule has 3 rings (SSSR count). The quantitative estimate of drug-likeness (QED) is 0.367. The number of rotatable bonds is 8. The van der Waals surface area contributed by atoms with Crippen molar-refractivity contribution in [1.29, 1.82) is 0 Å². The topological polar surface area (TPSA) is 86.5 Å². The van der Waals surface area contributed by atoms with E-state index in [4.69, 9.17) is 9.16 Å². The summed E-state index contributed by atoms with van der Waals surface area (Å²) in [6.07, 6.45) is 0.761. The van der Waals surface area contributed by atoms with Crippen molar-refractivity contribution in [3.05, 3.63) is 47.0 Å². The molecule has 1 aromatic heterocycles. The van der Waals surface area contributed by atoms with Gasteiger partial charge in [-0.25, -0.2) is 0 Å². The molecule has 0 saturated heterocycles. The van der Waals surface area contributed by atoms with E-state index in [2.05, 4.69) is 23.3 Å². The average molecular weight is 470 g/mol. The third kappa shape index (κ3) is 6.20. The summed E-state index contributed by atoms with van der Waals surface area (Å²) in [6.45, 7) is 12.7. The lowest BCUT2D eigenvalue weighted by atomic mass is 9.84. The number of benzene rings is 2. The number of carbonyl (C=O) groups excluding carboxylic acids is 1. The molecule has 0 aliphatic carbocycles. The molecule has 2 aromatic carbocycles. The first-order valence-electron chi connectivity index (χ1n) is 11.3. The highest BCUT2D eigenvalue weighted by molar-refractivity contribution is 6.71. The van der Waals surface area contributed by atoms with Crippen LogP contribution >= 0.6 is 0 Å². The fourth-order valence-corrected chi connectivity index (χ4v) is 4.31. The Morgan fingerprint density at radius 1 is 1.12 bits per heavy atom. The van der Waals surface area contributed by atoms with Gasteiger partial charge in [0, 0.05) is 25.1 Å². The van der Waals surface area contributed by atoms with Gasteiger partial charge in [-0.1, -0.05) is 32.9 Å². The molecule has 0 saturated carbocycles. The van der Waals surface area contributed by atoms with E-state index in [0.29, 0.717) is 18.7 Å². The van der Waals surface area contributed by atoms with Gasteiger partial charge >= 0.3 is 5.97 Å². The van der Waals surface area contributed by atoms with Crippen LogP contribution in [0.4, 0.5) is 0 Å². The average Bonchev–Trinajstić information content (AvgIpc) is 3.14. The fourth-order valence-electron chi connectivity index (χ4n) is 3.51. The first kappa shape index (κ1) is 24.9. The largest absolute Gasteiger partial charge is 0.505 e. The maximum atomic E-state index is 12.3. The number of carbonyl (C=O) groups is 1. The van der Waals surface area contributed by atoms with Crippen molar-refractivity contribution in [2.75, 3.05) is 13.7 Å². The molecule has 1 heterocycles. The number of phenolic OH excluding ortho intramolecular Hbond substituents is 1. The summed E-state index contributed by atoms with van der Waals surface area (Å²) < 4.78 is 10.9. The number of esters is 1. The standard InChI is InChI=1S/C25H35N3O4Si/c1-17-8-10-20-21(14-17)27-28(26-20)22-16-18(15-19(24(22)30)25(2,3)4)9-11-23(29)32-12-13-33(6,7)31-5/h8,10,14-16,30H,9,11-13H2,1-7H3. The molecule has 0 aliphatic heterocycles. The Balaban J connectivity index is 1.84. The van der Waals surface area contributed by atoms with Crippen molar-refractivity contribution in [1.82, 2.24) is 15.0 Å². The van der Waals surface area contributed by atoms with E-state index in [1.807, 2.05) is 58.0 Å². The molecule has 0 spiro atoms. The van der Waals surface area contributed by atoms with Gasteiger partial charge in [-0.05, 0) is 61.2 Å². The SMILES string of the molecule is CO[Si](C)(C)CCOC(=O)CCc1cc(-n2nc3ccc(C)cc3n2)c(O)c(C(C)(C)C)c1. The fraction of sp³-hybridized carbons (Fsp3) is 0.480. The molecule has 0 atom stereocenters. The number of ether oxygens (including phenoxy) is 1. The smallest absolute Gasteiger partial charge is 0.306 e. The van der Waals surface area contributed by atoms with E-state index in [1.165, 1.54) is 4.80 Å².